The summed E-state index contributed by atoms with van der Waals surface area (Å²) in [4.78, 5) is 14.5. The molecule has 1 aromatic heterocycles. The molecule has 0 aliphatic carbocycles. The number of aromatic nitrogens is 1. The quantitative estimate of drug-likeness (QED) is 0.613. The van der Waals surface area contributed by atoms with Crippen LogP contribution >= 0.6 is 11.8 Å². The summed E-state index contributed by atoms with van der Waals surface area (Å²) in [6.45, 7) is 0. The highest BCUT2D eigenvalue weighted by atomic mass is 32.2. The molecule has 0 bridgehead atoms. The van der Waals surface area contributed by atoms with Crippen molar-refractivity contribution in [2.75, 3.05) is 0 Å². The second-order valence-electron chi connectivity index (χ2n) is 3.44. The van der Waals surface area contributed by atoms with E-state index in [9.17, 15) is 9.18 Å². The van der Waals surface area contributed by atoms with Gasteiger partial charge in [0, 0.05) is 5.75 Å². The number of rotatable bonds is 4. The SMILES string of the molecule is O=Cc1cc(SCc2ccccc2)ncc1F. The van der Waals surface area contributed by atoms with Gasteiger partial charge in [0.1, 0.15) is 0 Å². The zero-order valence-electron chi connectivity index (χ0n) is 8.97. The van der Waals surface area contributed by atoms with Gasteiger partial charge in [-0.2, -0.15) is 0 Å². The van der Waals surface area contributed by atoms with E-state index in [0.717, 1.165) is 17.5 Å². The number of halogens is 1. The van der Waals surface area contributed by atoms with Gasteiger partial charge in [-0.3, -0.25) is 4.79 Å². The Kier molecular flexibility index (Phi) is 3.88. The topological polar surface area (TPSA) is 30.0 Å². The number of pyridine rings is 1. The van der Waals surface area contributed by atoms with Gasteiger partial charge in [0.15, 0.2) is 12.1 Å². The van der Waals surface area contributed by atoms with E-state index in [1.54, 1.807) is 0 Å². The lowest BCUT2D eigenvalue weighted by atomic mass is 10.2. The van der Waals surface area contributed by atoms with Crippen LogP contribution in [0.15, 0.2) is 47.6 Å². The lowest BCUT2D eigenvalue weighted by molar-refractivity contribution is 0.111. The molecule has 2 rings (SSSR count). The summed E-state index contributed by atoms with van der Waals surface area (Å²) in [5.41, 5.74) is 1.21. The van der Waals surface area contributed by atoms with Crippen molar-refractivity contribution >= 4 is 18.0 Å². The molecule has 1 heterocycles. The van der Waals surface area contributed by atoms with E-state index in [2.05, 4.69) is 4.98 Å². The van der Waals surface area contributed by atoms with Crippen LogP contribution in [0.1, 0.15) is 15.9 Å². The van der Waals surface area contributed by atoms with Gasteiger partial charge < -0.3 is 0 Å². The maximum absolute atomic E-state index is 13.0. The summed E-state index contributed by atoms with van der Waals surface area (Å²) in [6.07, 6.45) is 1.58. The summed E-state index contributed by atoms with van der Waals surface area (Å²) >= 11 is 1.48. The average molecular weight is 247 g/mol. The zero-order valence-corrected chi connectivity index (χ0v) is 9.78. The Morgan fingerprint density at radius 3 is 2.76 bits per heavy atom. The van der Waals surface area contributed by atoms with Crippen LogP contribution in [-0.2, 0) is 5.75 Å². The Labute approximate surface area is 103 Å². The molecule has 0 N–H and O–H groups in total. The highest BCUT2D eigenvalue weighted by molar-refractivity contribution is 7.98. The molecule has 0 saturated carbocycles. The maximum atomic E-state index is 13.0. The van der Waals surface area contributed by atoms with Gasteiger partial charge in [0.05, 0.1) is 16.8 Å². The van der Waals surface area contributed by atoms with E-state index in [0.29, 0.717) is 11.3 Å². The molecule has 1 aromatic carbocycles. The molecule has 0 saturated heterocycles. The molecular weight excluding hydrogens is 237 g/mol. The molecule has 4 heteroatoms. The van der Waals surface area contributed by atoms with E-state index in [1.807, 2.05) is 30.3 Å². The third kappa shape index (κ3) is 3.14. The van der Waals surface area contributed by atoms with Crippen molar-refractivity contribution in [3.05, 3.63) is 59.5 Å². The molecule has 0 aliphatic heterocycles. The number of thioether (sulfide) groups is 1. The van der Waals surface area contributed by atoms with Gasteiger partial charge in [0.2, 0.25) is 0 Å². The van der Waals surface area contributed by atoms with E-state index < -0.39 is 5.82 Å². The summed E-state index contributed by atoms with van der Waals surface area (Å²) in [5.74, 6) is 0.168. The summed E-state index contributed by atoms with van der Waals surface area (Å²) in [6, 6.07) is 11.4. The standard InChI is InChI=1S/C13H10FNOS/c14-12-7-15-13(6-11(12)8-16)17-9-10-4-2-1-3-5-10/h1-8H,9H2. The van der Waals surface area contributed by atoms with Crippen LogP contribution < -0.4 is 0 Å². The monoisotopic (exact) mass is 247 g/mol. The van der Waals surface area contributed by atoms with Crippen molar-refractivity contribution in [2.24, 2.45) is 0 Å². The largest absolute Gasteiger partial charge is 0.298 e. The van der Waals surface area contributed by atoms with Crippen molar-refractivity contribution in [3.63, 3.8) is 0 Å². The fourth-order valence-electron chi connectivity index (χ4n) is 1.33. The van der Waals surface area contributed by atoms with Gasteiger partial charge in [-0.05, 0) is 11.6 Å². The van der Waals surface area contributed by atoms with Gasteiger partial charge in [0.25, 0.3) is 0 Å². The number of nitrogens with zero attached hydrogens (tertiary/aromatic N) is 1. The first-order valence-electron chi connectivity index (χ1n) is 5.07. The maximum Gasteiger partial charge on any atom is 0.153 e. The van der Waals surface area contributed by atoms with E-state index in [4.69, 9.17) is 0 Å². The second-order valence-corrected chi connectivity index (χ2v) is 4.43. The first-order chi connectivity index (χ1) is 8.29. The van der Waals surface area contributed by atoms with Crippen LogP contribution in [0.4, 0.5) is 4.39 Å². The van der Waals surface area contributed by atoms with E-state index in [1.165, 1.54) is 17.8 Å². The number of benzene rings is 1. The Balaban J connectivity index is 2.07. The van der Waals surface area contributed by atoms with Crippen LogP contribution in [0.25, 0.3) is 0 Å². The van der Waals surface area contributed by atoms with Crippen molar-refractivity contribution in [1.29, 1.82) is 0 Å². The zero-order chi connectivity index (χ0) is 12.1. The summed E-state index contributed by atoms with van der Waals surface area (Å²) < 4.78 is 13.0. The molecule has 17 heavy (non-hydrogen) atoms. The van der Waals surface area contributed by atoms with Crippen LogP contribution in [-0.4, -0.2) is 11.3 Å². The molecule has 2 nitrogen and oxygen atoms in total. The molecule has 0 aliphatic rings. The molecule has 0 atom stereocenters. The highest BCUT2D eigenvalue weighted by Crippen LogP contribution is 2.21. The highest BCUT2D eigenvalue weighted by Gasteiger charge is 2.04. The van der Waals surface area contributed by atoms with Crippen LogP contribution in [0.2, 0.25) is 0 Å². The molecule has 0 spiro atoms. The van der Waals surface area contributed by atoms with Gasteiger partial charge >= 0.3 is 0 Å². The first-order valence-corrected chi connectivity index (χ1v) is 6.05. The lowest BCUT2D eigenvalue weighted by Crippen LogP contribution is -1.91. The van der Waals surface area contributed by atoms with Crippen LogP contribution in [0.5, 0.6) is 0 Å². The van der Waals surface area contributed by atoms with Crippen molar-refractivity contribution in [3.8, 4) is 0 Å². The Morgan fingerprint density at radius 1 is 1.29 bits per heavy atom. The third-order valence-electron chi connectivity index (χ3n) is 2.22. The second kappa shape index (κ2) is 5.59. The minimum absolute atomic E-state index is 0.0514. The van der Waals surface area contributed by atoms with E-state index in [-0.39, 0.29) is 5.56 Å². The summed E-state index contributed by atoms with van der Waals surface area (Å²) in [5, 5.41) is 0.650. The van der Waals surface area contributed by atoms with Crippen molar-refractivity contribution in [1.82, 2.24) is 4.98 Å². The van der Waals surface area contributed by atoms with Gasteiger partial charge in [-0.1, -0.05) is 30.3 Å². The fourth-order valence-corrected chi connectivity index (χ4v) is 2.18. The predicted octanol–water partition coefficient (Wildman–Crippen LogP) is 3.33. The normalized spacial score (nSPS) is 10.2. The van der Waals surface area contributed by atoms with Crippen molar-refractivity contribution in [2.45, 2.75) is 10.8 Å². The lowest BCUT2D eigenvalue weighted by Gasteiger charge is -2.02. The molecule has 86 valence electrons. The van der Waals surface area contributed by atoms with Crippen LogP contribution in [0, 0.1) is 5.82 Å². The molecule has 0 fully saturated rings. The smallest absolute Gasteiger partial charge is 0.153 e. The number of hydrogen-bond acceptors (Lipinski definition) is 3. The number of hydrogen-bond donors (Lipinski definition) is 0. The van der Waals surface area contributed by atoms with Gasteiger partial charge in [-0.15, -0.1) is 11.8 Å². The Hall–Kier alpha value is -1.68. The fraction of sp³-hybridized carbons (Fsp3) is 0.0769. The van der Waals surface area contributed by atoms with Crippen molar-refractivity contribution < 1.29 is 9.18 Å². The molecule has 0 amide bonds. The van der Waals surface area contributed by atoms with Crippen LogP contribution in [0.3, 0.4) is 0 Å². The summed E-state index contributed by atoms with van der Waals surface area (Å²) in [7, 11) is 0. The first kappa shape index (κ1) is 11.8. The third-order valence-corrected chi connectivity index (χ3v) is 3.21. The molecule has 0 unspecified atom stereocenters. The number of carbonyl (C=O) groups is 1. The number of aldehydes is 1. The Morgan fingerprint density at radius 2 is 2.06 bits per heavy atom. The predicted molar refractivity (Wildman–Crippen MR) is 65.6 cm³/mol. The molecule has 2 aromatic rings. The Bertz CT molecular complexity index is 516. The van der Waals surface area contributed by atoms with Gasteiger partial charge in [-0.25, -0.2) is 9.37 Å². The molecule has 0 radical (unpaired) electrons. The average Bonchev–Trinajstić information content (AvgIpc) is 2.39. The molecular formula is C13H10FNOS. The minimum atomic E-state index is -0.580. The number of carbonyl (C=O) groups excluding carboxylic acids is 1. The minimum Gasteiger partial charge on any atom is -0.298 e. The van der Waals surface area contributed by atoms with E-state index >= 15 is 0 Å².